The second-order valence-corrected chi connectivity index (χ2v) is 5.47. The van der Waals surface area contributed by atoms with Crippen LogP contribution in [0.3, 0.4) is 0 Å². The van der Waals surface area contributed by atoms with E-state index in [9.17, 15) is 5.26 Å². The molecule has 0 amide bonds. The summed E-state index contributed by atoms with van der Waals surface area (Å²) in [7, 11) is 1.64. The number of methoxy groups -OCH3 is 1. The zero-order valence-corrected chi connectivity index (χ0v) is 13.6. The van der Waals surface area contributed by atoms with Crippen LogP contribution in [0.4, 0.5) is 5.82 Å². The Morgan fingerprint density at radius 1 is 1.08 bits per heavy atom. The molecular weight excluding hydrogens is 298 g/mol. The van der Waals surface area contributed by atoms with Crippen molar-refractivity contribution in [3.05, 3.63) is 65.9 Å². The smallest absolute Gasteiger partial charge is 0.141 e. The van der Waals surface area contributed by atoms with Gasteiger partial charge in [0.05, 0.1) is 7.11 Å². The number of hydrogen-bond donors (Lipinski definition) is 1. The van der Waals surface area contributed by atoms with Gasteiger partial charge in [-0.2, -0.15) is 5.26 Å². The lowest BCUT2D eigenvalue weighted by Gasteiger charge is -2.14. The molecule has 0 unspecified atom stereocenters. The molecule has 2 N–H and O–H groups in total. The maximum Gasteiger partial charge on any atom is 0.141 e. The number of nitriles is 1. The Morgan fingerprint density at radius 3 is 2.46 bits per heavy atom. The lowest BCUT2D eigenvalue weighted by molar-refractivity contribution is 0.412. The molecule has 1 heterocycles. The van der Waals surface area contributed by atoms with Crippen molar-refractivity contribution in [1.29, 1.82) is 5.26 Å². The predicted octanol–water partition coefficient (Wildman–Crippen LogP) is 4.19. The van der Waals surface area contributed by atoms with Gasteiger partial charge in [-0.1, -0.05) is 36.4 Å². The number of nitrogen functional groups attached to an aromatic ring is 1. The molecule has 118 valence electrons. The summed E-state index contributed by atoms with van der Waals surface area (Å²) in [5.41, 5.74) is 10.9. The van der Waals surface area contributed by atoms with E-state index in [1.54, 1.807) is 13.3 Å². The molecule has 0 aliphatic heterocycles. The van der Waals surface area contributed by atoms with E-state index in [4.69, 9.17) is 10.5 Å². The summed E-state index contributed by atoms with van der Waals surface area (Å²) in [6.07, 6.45) is 1.72. The van der Waals surface area contributed by atoms with Crippen molar-refractivity contribution >= 4 is 5.82 Å². The maximum absolute atomic E-state index is 9.61. The third-order valence-corrected chi connectivity index (χ3v) is 3.99. The zero-order valence-electron chi connectivity index (χ0n) is 13.6. The number of hydrogen-bond acceptors (Lipinski definition) is 4. The third-order valence-electron chi connectivity index (χ3n) is 3.99. The second-order valence-electron chi connectivity index (χ2n) is 5.47. The molecule has 0 spiro atoms. The van der Waals surface area contributed by atoms with Crippen LogP contribution < -0.4 is 10.5 Å². The molecule has 0 aliphatic rings. The van der Waals surface area contributed by atoms with Gasteiger partial charge in [-0.25, -0.2) is 4.98 Å². The molecule has 0 atom stereocenters. The van der Waals surface area contributed by atoms with Gasteiger partial charge < -0.3 is 10.5 Å². The van der Waals surface area contributed by atoms with Crippen molar-refractivity contribution < 1.29 is 4.74 Å². The van der Waals surface area contributed by atoms with Crippen LogP contribution in [-0.4, -0.2) is 12.1 Å². The normalized spacial score (nSPS) is 10.2. The minimum absolute atomic E-state index is 0.237. The van der Waals surface area contributed by atoms with Gasteiger partial charge in [-0.3, -0.25) is 0 Å². The van der Waals surface area contributed by atoms with Gasteiger partial charge in [-0.15, -0.1) is 0 Å². The summed E-state index contributed by atoms with van der Waals surface area (Å²) in [6, 6.07) is 17.9. The van der Waals surface area contributed by atoms with Crippen LogP contribution in [0.2, 0.25) is 0 Å². The summed E-state index contributed by atoms with van der Waals surface area (Å²) in [5.74, 6) is 1.04. The predicted molar refractivity (Wildman–Crippen MR) is 95.5 cm³/mol. The Morgan fingerprint density at radius 2 is 1.83 bits per heavy atom. The van der Waals surface area contributed by atoms with E-state index in [1.165, 1.54) is 0 Å². The molecule has 0 saturated carbocycles. The molecule has 3 aromatic rings. The highest BCUT2D eigenvalue weighted by molar-refractivity contribution is 5.89. The monoisotopic (exact) mass is 315 g/mol. The Kier molecular flexibility index (Phi) is 4.17. The van der Waals surface area contributed by atoms with Crippen LogP contribution in [0.25, 0.3) is 22.3 Å². The van der Waals surface area contributed by atoms with Gasteiger partial charge in [0.25, 0.3) is 0 Å². The summed E-state index contributed by atoms with van der Waals surface area (Å²) in [6.45, 7) is 1.97. The molecule has 24 heavy (non-hydrogen) atoms. The molecule has 0 aliphatic carbocycles. The third kappa shape index (κ3) is 2.68. The molecule has 0 radical (unpaired) electrons. The lowest BCUT2D eigenvalue weighted by Crippen LogP contribution is -2.00. The molecule has 4 heteroatoms. The molecule has 1 aromatic heterocycles. The largest absolute Gasteiger partial charge is 0.496 e. The van der Waals surface area contributed by atoms with Crippen LogP contribution in [0, 0.1) is 18.3 Å². The Balaban J connectivity index is 2.31. The molecule has 0 bridgehead atoms. The van der Waals surface area contributed by atoms with Gasteiger partial charge in [0.2, 0.25) is 0 Å². The van der Waals surface area contributed by atoms with E-state index in [2.05, 4.69) is 11.1 Å². The summed E-state index contributed by atoms with van der Waals surface area (Å²) in [4.78, 5) is 4.20. The van der Waals surface area contributed by atoms with E-state index >= 15 is 0 Å². The van der Waals surface area contributed by atoms with Crippen LogP contribution in [0.1, 0.15) is 11.1 Å². The minimum atomic E-state index is 0.237. The van der Waals surface area contributed by atoms with Gasteiger partial charge in [0.15, 0.2) is 0 Å². The fourth-order valence-electron chi connectivity index (χ4n) is 2.81. The SMILES string of the molecule is COc1ccc(-c2c(-c3ccccc3)cnc(N)c2C#N)cc1C. The van der Waals surface area contributed by atoms with Crippen LogP contribution in [0.15, 0.2) is 54.7 Å². The number of aryl methyl sites for hydroxylation is 1. The number of benzene rings is 2. The van der Waals surface area contributed by atoms with E-state index in [0.29, 0.717) is 5.56 Å². The fraction of sp³-hybridized carbons (Fsp3) is 0.100. The molecule has 0 fully saturated rings. The number of rotatable bonds is 3. The standard InChI is InChI=1S/C20H17N3O/c1-13-10-15(8-9-18(13)24-2)19-16(11-21)20(22)23-12-17(19)14-6-4-3-5-7-14/h3-10,12H,1-2H3,(H2,22,23). The van der Waals surface area contributed by atoms with E-state index in [0.717, 1.165) is 33.6 Å². The first kappa shape index (κ1) is 15.6. The second kappa shape index (κ2) is 6.43. The van der Waals surface area contributed by atoms with Crippen molar-refractivity contribution in [1.82, 2.24) is 4.98 Å². The molecule has 2 aromatic carbocycles. The first-order valence-corrected chi connectivity index (χ1v) is 7.54. The number of aromatic nitrogens is 1. The van der Waals surface area contributed by atoms with Crippen LogP contribution >= 0.6 is 0 Å². The van der Waals surface area contributed by atoms with Crippen molar-refractivity contribution in [3.63, 3.8) is 0 Å². The summed E-state index contributed by atoms with van der Waals surface area (Å²) >= 11 is 0. The topological polar surface area (TPSA) is 71.9 Å². The van der Waals surface area contributed by atoms with E-state index in [1.807, 2.05) is 55.5 Å². The van der Waals surface area contributed by atoms with Gasteiger partial charge in [0.1, 0.15) is 23.2 Å². The van der Waals surface area contributed by atoms with Crippen molar-refractivity contribution in [2.45, 2.75) is 6.92 Å². The zero-order chi connectivity index (χ0) is 17.1. The lowest BCUT2D eigenvalue weighted by atomic mass is 9.91. The average molecular weight is 315 g/mol. The Labute approximate surface area is 141 Å². The van der Waals surface area contributed by atoms with E-state index < -0.39 is 0 Å². The molecule has 3 rings (SSSR count). The summed E-state index contributed by atoms with van der Waals surface area (Å²) < 4.78 is 5.33. The molecule has 4 nitrogen and oxygen atoms in total. The number of pyridine rings is 1. The highest BCUT2D eigenvalue weighted by atomic mass is 16.5. The maximum atomic E-state index is 9.61. The van der Waals surface area contributed by atoms with Crippen molar-refractivity contribution in [2.24, 2.45) is 0 Å². The number of anilines is 1. The van der Waals surface area contributed by atoms with Gasteiger partial charge >= 0.3 is 0 Å². The number of nitrogens with zero attached hydrogens (tertiary/aromatic N) is 2. The highest BCUT2D eigenvalue weighted by Crippen LogP contribution is 2.37. The first-order chi connectivity index (χ1) is 11.7. The van der Waals surface area contributed by atoms with Crippen LogP contribution in [0.5, 0.6) is 5.75 Å². The van der Waals surface area contributed by atoms with Crippen molar-refractivity contribution in [2.75, 3.05) is 12.8 Å². The van der Waals surface area contributed by atoms with Crippen molar-refractivity contribution in [3.8, 4) is 34.1 Å². The minimum Gasteiger partial charge on any atom is -0.496 e. The summed E-state index contributed by atoms with van der Waals surface area (Å²) in [5, 5.41) is 9.61. The Hall–Kier alpha value is -3.32. The number of nitrogens with two attached hydrogens (primary N) is 1. The fourth-order valence-corrected chi connectivity index (χ4v) is 2.81. The van der Waals surface area contributed by atoms with Crippen LogP contribution in [-0.2, 0) is 0 Å². The van der Waals surface area contributed by atoms with Gasteiger partial charge in [0, 0.05) is 17.3 Å². The highest BCUT2D eigenvalue weighted by Gasteiger charge is 2.17. The first-order valence-electron chi connectivity index (χ1n) is 7.54. The van der Waals surface area contributed by atoms with Gasteiger partial charge in [-0.05, 0) is 35.7 Å². The van der Waals surface area contributed by atoms with E-state index in [-0.39, 0.29) is 5.82 Å². The average Bonchev–Trinajstić information content (AvgIpc) is 2.62. The quantitative estimate of drug-likeness (QED) is 0.786. The number of ether oxygens (including phenoxy) is 1. The molecule has 0 saturated heterocycles. The Bertz CT molecular complexity index is 928. The molecular formula is C20H17N3O.